The molecule has 0 atom stereocenters. The summed E-state index contributed by atoms with van der Waals surface area (Å²) in [5, 5.41) is 7.22. The third-order valence-electron chi connectivity index (χ3n) is 5.33. The molecule has 0 saturated heterocycles. The van der Waals surface area contributed by atoms with Crippen LogP contribution >= 0.6 is 46.4 Å². The van der Waals surface area contributed by atoms with E-state index in [0.717, 1.165) is 6.21 Å². The molecule has 0 fully saturated rings. The van der Waals surface area contributed by atoms with Crippen LogP contribution in [0, 0.1) is 0 Å². The van der Waals surface area contributed by atoms with E-state index in [1.807, 2.05) is 0 Å². The molecule has 2 N–H and O–H groups in total. The number of nitrogens with zero attached hydrogens (tertiary/aromatic N) is 1. The predicted molar refractivity (Wildman–Crippen MR) is 160 cm³/mol. The van der Waals surface area contributed by atoms with E-state index < -0.39 is 23.8 Å². The standard InChI is InChI=1S/C29H17Cl4N3O6/c30-19-9-4-16(5-10-19)28(39)41-21-13-8-18(24(14-21)42-29(40)17-6-11-20(31)12-7-17)15-34-36-27(38)26(37)35-23-3-1-2-22(32)25(23)33/h1-15H,(H,35,37)(H,36,38)/b34-15+. The van der Waals surface area contributed by atoms with Crippen molar-refractivity contribution in [2.75, 3.05) is 5.32 Å². The van der Waals surface area contributed by atoms with Crippen molar-refractivity contribution in [3.63, 3.8) is 0 Å². The molecule has 0 aliphatic heterocycles. The van der Waals surface area contributed by atoms with E-state index in [-0.39, 0.29) is 43.9 Å². The van der Waals surface area contributed by atoms with Gasteiger partial charge in [-0.25, -0.2) is 15.0 Å². The molecule has 0 unspecified atom stereocenters. The maximum Gasteiger partial charge on any atom is 0.343 e. The summed E-state index contributed by atoms with van der Waals surface area (Å²) in [5.41, 5.74) is 2.83. The summed E-state index contributed by atoms with van der Waals surface area (Å²) in [5.74, 6) is -3.62. The third-order valence-corrected chi connectivity index (χ3v) is 6.66. The molecule has 0 aliphatic carbocycles. The highest BCUT2D eigenvalue weighted by molar-refractivity contribution is 6.45. The second kappa shape index (κ2) is 14.0. The first-order valence-corrected chi connectivity index (χ1v) is 13.3. The molecule has 9 nitrogen and oxygen atoms in total. The number of anilines is 1. The molecule has 212 valence electrons. The van der Waals surface area contributed by atoms with Gasteiger partial charge in [-0.3, -0.25) is 9.59 Å². The average Bonchev–Trinajstić information content (AvgIpc) is 2.97. The topological polar surface area (TPSA) is 123 Å². The van der Waals surface area contributed by atoms with E-state index in [4.69, 9.17) is 55.9 Å². The monoisotopic (exact) mass is 643 g/mol. The van der Waals surface area contributed by atoms with Gasteiger partial charge >= 0.3 is 23.8 Å². The largest absolute Gasteiger partial charge is 0.423 e. The Morgan fingerprint density at radius 2 is 1.29 bits per heavy atom. The average molecular weight is 645 g/mol. The minimum atomic E-state index is -1.12. The molecule has 4 aromatic rings. The Kier molecular flexibility index (Phi) is 10.2. The van der Waals surface area contributed by atoms with E-state index in [0.29, 0.717) is 10.0 Å². The van der Waals surface area contributed by atoms with Crippen molar-refractivity contribution >= 4 is 82.1 Å². The van der Waals surface area contributed by atoms with Crippen molar-refractivity contribution in [3.05, 3.63) is 122 Å². The molecule has 2 amide bonds. The first kappa shape index (κ1) is 30.5. The highest BCUT2D eigenvalue weighted by atomic mass is 35.5. The summed E-state index contributed by atoms with van der Waals surface area (Å²) in [6.07, 6.45) is 1.13. The fraction of sp³-hybridized carbons (Fsp3) is 0. The number of ether oxygens (including phenoxy) is 2. The second-order valence-corrected chi connectivity index (χ2v) is 9.91. The zero-order valence-electron chi connectivity index (χ0n) is 21.1. The van der Waals surface area contributed by atoms with Gasteiger partial charge < -0.3 is 14.8 Å². The van der Waals surface area contributed by atoms with Crippen LogP contribution in [0.25, 0.3) is 0 Å². The number of amides is 2. The van der Waals surface area contributed by atoms with E-state index in [1.54, 1.807) is 6.07 Å². The molecule has 0 aromatic heterocycles. The molecule has 42 heavy (non-hydrogen) atoms. The zero-order chi connectivity index (χ0) is 30.2. The lowest BCUT2D eigenvalue weighted by molar-refractivity contribution is -0.136. The van der Waals surface area contributed by atoms with Crippen LogP contribution in [0.2, 0.25) is 20.1 Å². The van der Waals surface area contributed by atoms with Crippen molar-refractivity contribution in [2.45, 2.75) is 0 Å². The number of hydrogen-bond acceptors (Lipinski definition) is 7. The number of carbonyl (C=O) groups is 4. The molecule has 0 saturated carbocycles. The van der Waals surface area contributed by atoms with Crippen LogP contribution in [0.15, 0.2) is 90.0 Å². The van der Waals surface area contributed by atoms with Gasteiger partial charge in [0.2, 0.25) is 0 Å². The number of hydrazone groups is 1. The van der Waals surface area contributed by atoms with Crippen LogP contribution in [-0.4, -0.2) is 30.0 Å². The highest BCUT2D eigenvalue weighted by Crippen LogP contribution is 2.29. The maximum absolute atomic E-state index is 12.8. The van der Waals surface area contributed by atoms with Crippen LogP contribution in [0.1, 0.15) is 26.3 Å². The lowest BCUT2D eigenvalue weighted by atomic mass is 10.2. The Hall–Kier alpha value is -4.41. The summed E-state index contributed by atoms with van der Waals surface area (Å²) in [6, 6.07) is 20.7. The summed E-state index contributed by atoms with van der Waals surface area (Å²) in [6.45, 7) is 0. The summed E-state index contributed by atoms with van der Waals surface area (Å²) >= 11 is 23.7. The third kappa shape index (κ3) is 8.08. The van der Waals surface area contributed by atoms with Gasteiger partial charge in [-0.2, -0.15) is 5.10 Å². The Balaban J connectivity index is 1.52. The SMILES string of the molecule is O=C(N/N=C/c1ccc(OC(=O)c2ccc(Cl)cc2)cc1OC(=O)c1ccc(Cl)cc1)C(=O)Nc1cccc(Cl)c1Cl. The van der Waals surface area contributed by atoms with Crippen molar-refractivity contribution in [2.24, 2.45) is 5.10 Å². The molecular weight excluding hydrogens is 628 g/mol. The molecular formula is C29H17Cl4N3O6. The van der Waals surface area contributed by atoms with E-state index in [9.17, 15) is 19.2 Å². The van der Waals surface area contributed by atoms with Gasteiger partial charge in [-0.15, -0.1) is 0 Å². The van der Waals surface area contributed by atoms with Gasteiger partial charge in [0.1, 0.15) is 11.5 Å². The lowest BCUT2D eigenvalue weighted by Crippen LogP contribution is -2.32. The number of nitrogens with one attached hydrogen (secondary N) is 2. The first-order valence-electron chi connectivity index (χ1n) is 11.8. The molecule has 0 aliphatic rings. The fourth-order valence-corrected chi connectivity index (χ4v) is 3.86. The molecule has 0 heterocycles. The van der Waals surface area contributed by atoms with Crippen molar-refractivity contribution < 1.29 is 28.7 Å². The van der Waals surface area contributed by atoms with Gasteiger partial charge in [-0.1, -0.05) is 52.5 Å². The summed E-state index contributed by atoms with van der Waals surface area (Å²) in [4.78, 5) is 49.9. The van der Waals surface area contributed by atoms with Crippen molar-refractivity contribution in [1.29, 1.82) is 0 Å². The van der Waals surface area contributed by atoms with E-state index in [1.165, 1.54) is 78.9 Å². The normalized spacial score (nSPS) is 10.7. The second-order valence-electron chi connectivity index (χ2n) is 8.25. The summed E-state index contributed by atoms with van der Waals surface area (Å²) in [7, 11) is 0. The Morgan fingerprint density at radius 1 is 0.690 bits per heavy atom. The molecule has 0 radical (unpaired) electrons. The number of esters is 2. The number of benzene rings is 4. The molecule has 0 bridgehead atoms. The first-order chi connectivity index (χ1) is 20.1. The lowest BCUT2D eigenvalue weighted by Gasteiger charge is -2.11. The minimum absolute atomic E-state index is 0.0489. The van der Waals surface area contributed by atoms with Gasteiger partial charge in [0.15, 0.2) is 0 Å². The van der Waals surface area contributed by atoms with Crippen molar-refractivity contribution in [1.82, 2.24) is 5.43 Å². The fourth-order valence-electron chi connectivity index (χ4n) is 3.26. The molecule has 0 spiro atoms. The van der Waals surface area contributed by atoms with Gasteiger partial charge in [0.25, 0.3) is 0 Å². The van der Waals surface area contributed by atoms with Gasteiger partial charge in [-0.05, 0) is 72.8 Å². The van der Waals surface area contributed by atoms with Gasteiger partial charge in [0, 0.05) is 21.7 Å². The van der Waals surface area contributed by atoms with Crippen LogP contribution in [0.4, 0.5) is 5.69 Å². The Bertz CT molecular complexity index is 1690. The van der Waals surface area contributed by atoms with Crippen LogP contribution in [0.5, 0.6) is 11.5 Å². The maximum atomic E-state index is 12.8. The predicted octanol–water partition coefficient (Wildman–Crippen LogP) is 6.83. The van der Waals surface area contributed by atoms with Crippen molar-refractivity contribution in [3.8, 4) is 11.5 Å². The smallest absolute Gasteiger partial charge is 0.343 e. The van der Waals surface area contributed by atoms with Crippen LogP contribution < -0.4 is 20.2 Å². The number of carbonyl (C=O) groups excluding carboxylic acids is 4. The number of hydrogen-bond donors (Lipinski definition) is 2. The Labute approximate surface area is 258 Å². The number of rotatable bonds is 7. The van der Waals surface area contributed by atoms with Crippen LogP contribution in [0.3, 0.4) is 0 Å². The molecule has 4 rings (SSSR count). The highest BCUT2D eigenvalue weighted by Gasteiger charge is 2.17. The Morgan fingerprint density at radius 3 is 1.90 bits per heavy atom. The number of halogens is 4. The minimum Gasteiger partial charge on any atom is -0.423 e. The van der Waals surface area contributed by atoms with E-state index >= 15 is 0 Å². The summed E-state index contributed by atoms with van der Waals surface area (Å²) < 4.78 is 10.9. The van der Waals surface area contributed by atoms with Gasteiger partial charge in [0.05, 0.1) is 33.1 Å². The van der Waals surface area contributed by atoms with E-state index in [2.05, 4.69) is 15.8 Å². The quantitative estimate of drug-likeness (QED) is 0.0748. The molecule has 13 heteroatoms. The van der Waals surface area contributed by atoms with Crippen LogP contribution in [-0.2, 0) is 9.59 Å². The molecule has 4 aromatic carbocycles. The zero-order valence-corrected chi connectivity index (χ0v) is 24.1.